The Morgan fingerprint density at radius 1 is 1.19 bits per heavy atom. The van der Waals surface area contributed by atoms with Crippen molar-refractivity contribution in [1.82, 2.24) is 10.1 Å². The standard InChI is InChI=1S/C19H18F3N3OS/c20-19(21,22)15-7-3-5-13(12-15)11-14(6-1-2-9-23)18-24-17(25-26-18)16-8-4-10-27-16/h3-5,7-8,10-12H,1-2,6,9,23H2/p+1/b14-11+. The highest BCUT2D eigenvalue weighted by atomic mass is 32.1. The monoisotopic (exact) mass is 394 g/mol. The second-order valence-electron chi connectivity index (χ2n) is 6.00. The molecule has 1 aromatic carbocycles. The number of rotatable bonds is 7. The molecule has 0 fully saturated rings. The van der Waals surface area contributed by atoms with Gasteiger partial charge in [-0.3, -0.25) is 0 Å². The van der Waals surface area contributed by atoms with Gasteiger partial charge in [0, 0.05) is 5.57 Å². The summed E-state index contributed by atoms with van der Waals surface area (Å²) in [7, 11) is 0. The predicted octanol–water partition coefficient (Wildman–Crippen LogP) is 4.77. The van der Waals surface area contributed by atoms with Gasteiger partial charge < -0.3 is 10.3 Å². The third-order valence-corrected chi connectivity index (χ3v) is 4.81. The third kappa shape index (κ3) is 5.05. The number of allylic oxidation sites excluding steroid dienone is 1. The molecule has 0 saturated carbocycles. The highest BCUT2D eigenvalue weighted by Crippen LogP contribution is 2.31. The van der Waals surface area contributed by atoms with Crippen molar-refractivity contribution in [3.8, 4) is 10.7 Å². The van der Waals surface area contributed by atoms with Crippen LogP contribution in [0.15, 0.2) is 46.3 Å². The number of nitrogens with zero attached hydrogens (tertiary/aromatic N) is 2. The second-order valence-corrected chi connectivity index (χ2v) is 6.95. The first-order valence-electron chi connectivity index (χ1n) is 8.52. The molecule has 0 unspecified atom stereocenters. The Hall–Kier alpha value is -2.45. The zero-order valence-electron chi connectivity index (χ0n) is 14.5. The average Bonchev–Trinajstić information content (AvgIpc) is 3.32. The van der Waals surface area contributed by atoms with Gasteiger partial charge in [-0.2, -0.15) is 18.2 Å². The molecular formula is C19H19F3N3OS+. The number of hydrogen-bond donors (Lipinski definition) is 1. The lowest BCUT2D eigenvalue weighted by Crippen LogP contribution is -2.50. The summed E-state index contributed by atoms with van der Waals surface area (Å²) in [5.74, 6) is 0.812. The Morgan fingerprint density at radius 2 is 2.04 bits per heavy atom. The normalized spacial score (nSPS) is 12.5. The van der Waals surface area contributed by atoms with E-state index in [1.165, 1.54) is 17.4 Å². The maximum Gasteiger partial charge on any atom is 0.416 e. The molecule has 0 saturated heterocycles. The Balaban J connectivity index is 1.93. The highest BCUT2D eigenvalue weighted by molar-refractivity contribution is 7.13. The van der Waals surface area contributed by atoms with Crippen LogP contribution in [0.2, 0.25) is 0 Å². The van der Waals surface area contributed by atoms with Crippen molar-refractivity contribution in [2.75, 3.05) is 6.54 Å². The van der Waals surface area contributed by atoms with Crippen LogP contribution in [0.1, 0.15) is 36.3 Å². The van der Waals surface area contributed by atoms with E-state index in [0.29, 0.717) is 23.7 Å². The van der Waals surface area contributed by atoms with Gasteiger partial charge in [0.15, 0.2) is 0 Å². The van der Waals surface area contributed by atoms with Crippen LogP contribution in [0, 0.1) is 0 Å². The predicted molar refractivity (Wildman–Crippen MR) is 98.5 cm³/mol. The van der Waals surface area contributed by atoms with Gasteiger partial charge in [0.25, 0.3) is 5.89 Å². The zero-order valence-corrected chi connectivity index (χ0v) is 15.3. The van der Waals surface area contributed by atoms with E-state index >= 15 is 0 Å². The number of aromatic nitrogens is 2. The molecule has 8 heteroatoms. The van der Waals surface area contributed by atoms with Gasteiger partial charge in [-0.15, -0.1) is 11.3 Å². The summed E-state index contributed by atoms with van der Waals surface area (Å²) in [6.45, 7) is 0.793. The van der Waals surface area contributed by atoms with E-state index in [1.54, 1.807) is 12.1 Å². The Bertz CT molecular complexity index is 901. The minimum absolute atomic E-state index is 0.333. The van der Waals surface area contributed by atoms with E-state index in [0.717, 1.165) is 42.0 Å². The number of halogens is 3. The average molecular weight is 394 g/mol. The minimum atomic E-state index is -4.38. The number of benzene rings is 1. The van der Waals surface area contributed by atoms with Crippen LogP contribution in [0.4, 0.5) is 13.2 Å². The van der Waals surface area contributed by atoms with Crippen LogP contribution in [0.25, 0.3) is 22.4 Å². The zero-order chi connectivity index (χ0) is 19.3. The molecule has 3 rings (SSSR count). The van der Waals surface area contributed by atoms with Crippen molar-refractivity contribution >= 4 is 23.0 Å². The van der Waals surface area contributed by atoms with Gasteiger partial charge in [-0.05, 0) is 54.5 Å². The third-order valence-electron chi connectivity index (χ3n) is 3.94. The van der Waals surface area contributed by atoms with E-state index in [2.05, 4.69) is 15.9 Å². The molecule has 0 bridgehead atoms. The van der Waals surface area contributed by atoms with E-state index in [4.69, 9.17) is 4.52 Å². The lowest BCUT2D eigenvalue weighted by Gasteiger charge is -2.08. The Kier molecular flexibility index (Phi) is 6.08. The number of alkyl halides is 3. The van der Waals surface area contributed by atoms with Crippen LogP contribution in [-0.4, -0.2) is 16.7 Å². The molecule has 2 aromatic heterocycles. The molecule has 3 N–H and O–H groups in total. The van der Waals surface area contributed by atoms with Gasteiger partial charge in [0.2, 0.25) is 5.82 Å². The van der Waals surface area contributed by atoms with Crippen molar-refractivity contribution in [3.05, 3.63) is 58.8 Å². The number of unbranched alkanes of at least 4 members (excludes halogenated alkanes) is 1. The lowest BCUT2D eigenvalue weighted by atomic mass is 10.0. The van der Waals surface area contributed by atoms with Crippen molar-refractivity contribution < 1.29 is 23.4 Å². The van der Waals surface area contributed by atoms with Crippen LogP contribution < -0.4 is 5.73 Å². The molecule has 0 radical (unpaired) electrons. The van der Waals surface area contributed by atoms with Gasteiger partial charge in [0.1, 0.15) is 0 Å². The first-order chi connectivity index (χ1) is 13.0. The quantitative estimate of drug-likeness (QED) is 0.587. The summed E-state index contributed by atoms with van der Waals surface area (Å²) in [6, 6.07) is 8.99. The smallest absolute Gasteiger partial charge is 0.358 e. The molecule has 0 aliphatic carbocycles. The molecule has 142 valence electrons. The fraction of sp³-hybridized carbons (Fsp3) is 0.263. The molecular weight excluding hydrogens is 375 g/mol. The van der Waals surface area contributed by atoms with Gasteiger partial charge in [-0.25, -0.2) is 0 Å². The number of quaternary nitrogens is 1. The van der Waals surface area contributed by atoms with Crippen LogP contribution >= 0.6 is 11.3 Å². The van der Waals surface area contributed by atoms with E-state index in [1.807, 2.05) is 17.5 Å². The maximum absolute atomic E-state index is 13.0. The first kappa shape index (κ1) is 19.3. The lowest BCUT2D eigenvalue weighted by molar-refractivity contribution is -0.368. The van der Waals surface area contributed by atoms with Crippen molar-refractivity contribution in [2.24, 2.45) is 0 Å². The summed E-state index contributed by atoms with van der Waals surface area (Å²) in [6.07, 6.45) is -0.326. The fourth-order valence-electron chi connectivity index (χ4n) is 2.60. The van der Waals surface area contributed by atoms with E-state index in [-0.39, 0.29) is 0 Å². The highest BCUT2D eigenvalue weighted by Gasteiger charge is 2.30. The van der Waals surface area contributed by atoms with Gasteiger partial charge in [0.05, 0.1) is 17.0 Å². The SMILES string of the molecule is [NH3+]CCCC/C(=C\c1cccc(C(F)(F)F)c1)c1nc(-c2cccs2)no1. The van der Waals surface area contributed by atoms with E-state index < -0.39 is 11.7 Å². The summed E-state index contributed by atoms with van der Waals surface area (Å²) < 4.78 is 44.3. The van der Waals surface area contributed by atoms with Crippen LogP contribution in [-0.2, 0) is 6.18 Å². The topological polar surface area (TPSA) is 66.6 Å². The molecule has 2 heterocycles. The Morgan fingerprint density at radius 3 is 2.74 bits per heavy atom. The Labute approximate surface area is 158 Å². The minimum Gasteiger partial charge on any atom is -0.358 e. The molecule has 0 aliphatic heterocycles. The number of thiophene rings is 1. The fourth-order valence-corrected chi connectivity index (χ4v) is 3.25. The molecule has 0 atom stereocenters. The summed E-state index contributed by atoms with van der Waals surface area (Å²) in [5.41, 5.74) is 4.31. The molecule has 3 aromatic rings. The maximum atomic E-state index is 13.0. The number of hydrogen-bond acceptors (Lipinski definition) is 4. The molecule has 0 spiro atoms. The summed E-state index contributed by atoms with van der Waals surface area (Å²) in [5, 5.41) is 5.91. The van der Waals surface area contributed by atoms with Crippen LogP contribution in [0.5, 0.6) is 0 Å². The summed E-state index contributed by atoms with van der Waals surface area (Å²) >= 11 is 1.49. The first-order valence-corrected chi connectivity index (χ1v) is 9.40. The van der Waals surface area contributed by atoms with Crippen molar-refractivity contribution in [2.45, 2.75) is 25.4 Å². The summed E-state index contributed by atoms with van der Waals surface area (Å²) in [4.78, 5) is 5.30. The second kappa shape index (κ2) is 8.49. The van der Waals surface area contributed by atoms with Gasteiger partial charge >= 0.3 is 6.18 Å². The molecule has 0 aliphatic rings. The molecule has 4 nitrogen and oxygen atoms in total. The van der Waals surface area contributed by atoms with E-state index in [9.17, 15) is 13.2 Å². The molecule has 27 heavy (non-hydrogen) atoms. The van der Waals surface area contributed by atoms with Crippen molar-refractivity contribution in [3.63, 3.8) is 0 Å². The largest absolute Gasteiger partial charge is 0.416 e. The van der Waals surface area contributed by atoms with Crippen molar-refractivity contribution in [1.29, 1.82) is 0 Å². The molecule has 0 amide bonds. The van der Waals surface area contributed by atoms with Gasteiger partial charge in [-0.1, -0.05) is 23.4 Å². The van der Waals surface area contributed by atoms with Crippen LogP contribution in [0.3, 0.4) is 0 Å².